The third-order valence-corrected chi connectivity index (χ3v) is 6.95. The molecule has 4 aromatic rings. The topological polar surface area (TPSA) is 43.4 Å². The van der Waals surface area contributed by atoms with E-state index in [1.807, 2.05) is 50.2 Å². The summed E-state index contributed by atoms with van der Waals surface area (Å²) >= 11 is 1.65. The van der Waals surface area contributed by atoms with Crippen molar-refractivity contribution in [1.29, 1.82) is 0 Å². The van der Waals surface area contributed by atoms with Gasteiger partial charge in [0.05, 0.1) is 24.3 Å². The fourth-order valence-electron chi connectivity index (χ4n) is 3.87. The fourth-order valence-corrected chi connectivity index (χ4v) is 4.89. The van der Waals surface area contributed by atoms with Crippen molar-refractivity contribution in [1.82, 2.24) is 4.98 Å². The minimum Gasteiger partial charge on any atom is -0.497 e. The van der Waals surface area contributed by atoms with Gasteiger partial charge in [0.15, 0.2) is 5.13 Å². The predicted molar refractivity (Wildman–Crippen MR) is 160 cm³/mol. The number of methoxy groups -OCH3 is 1. The Morgan fingerprint density at radius 3 is 2.03 bits per heavy atom. The van der Waals surface area contributed by atoms with Crippen molar-refractivity contribution in [3.8, 4) is 33.2 Å². The van der Waals surface area contributed by atoms with Crippen LogP contribution in [0, 0.1) is 6.92 Å². The Labute approximate surface area is 226 Å². The largest absolute Gasteiger partial charge is 0.497 e. The Hall–Kier alpha value is -3.31. The zero-order valence-corrected chi connectivity index (χ0v) is 23.7. The van der Waals surface area contributed by atoms with E-state index >= 15 is 0 Å². The molecule has 0 bridgehead atoms. The van der Waals surface area contributed by atoms with E-state index in [1.54, 1.807) is 18.4 Å². The van der Waals surface area contributed by atoms with E-state index in [1.165, 1.54) is 31.2 Å². The Morgan fingerprint density at radius 2 is 1.38 bits per heavy atom. The van der Waals surface area contributed by atoms with Gasteiger partial charge in [0, 0.05) is 11.3 Å². The number of benzene rings is 3. The van der Waals surface area contributed by atoms with Gasteiger partial charge in [-0.25, -0.2) is 4.98 Å². The summed E-state index contributed by atoms with van der Waals surface area (Å²) < 4.78 is 11.2. The van der Waals surface area contributed by atoms with Crippen LogP contribution in [-0.2, 0) is 0 Å². The lowest BCUT2D eigenvalue weighted by molar-refractivity contribution is 0.304. The van der Waals surface area contributed by atoms with Gasteiger partial charge in [0.25, 0.3) is 0 Å². The highest BCUT2D eigenvalue weighted by molar-refractivity contribution is 7.19. The first-order valence-electron chi connectivity index (χ1n) is 13.4. The maximum absolute atomic E-state index is 5.91. The number of ether oxygens (including phenoxy) is 2. The molecule has 0 unspecified atom stereocenters. The summed E-state index contributed by atoms with van der Waals surface area (Å²) in [4.78, 5) is 6.10. The van der Waals surface area contributed by atoms with E-state index in [4.69, 9.17) is 14.5 Å². The summed E-state index contributed by atoms with van der Waals surface area (Å²) in [6.07, 6.45) is 6.21. The molecule has 0 saturated heterocycles. The van der Waals surface area contributed by atoms with Crippen molar-refractivity contribution in [2.24, 2.45) is 0 Å². The number of rotatable bonds is 12. The van der Waals surface area contributed by atoms with Gasteiger partial charge in [-0.2, -0.15) is 0 Å². The molecule has 0 fully saturated rings. The number of aromatic nitrogens is 1. The molecule has 0 aliphatic carbocycles. The molecule has 4 rings (SSSR count). The summed E-state index contributed by atoms with van der Waals surface area (Å²) in [6, 6.07) is 24.8. The quantitative estimate of drug-likeness (QED) is 0.190. The van der Waals surface area contributed by atoms with Gasteiger partial charge < -0.3 is 14.8 Å². The van der Waals surface area contributed by atoms with Gasteiger partial charge in [-0.3, -0.25) is 0 Å². The molecular formula is C32H40N2O2S. The average Bonchev–Trinajstić information content (AvgIpc) is 3.36. The molecule has 0 saturated carbocycles. The molecule has 1 aromatic heterocycles. The molecule has 5 heteroatoms. The van der Waals surface area contributed by atoms with Crippen LogP contribution in [-0.4, -0.2) is 18.7 Å². The molecule has 0 amide bonds. The van der Waals surface area contributed by atoms with Crippen LogP contribution >= 0.6 is 11.3 Å². The highest BCUT2D eigenvalue weighted by Gasteiger charge is 2.15. The number of unbranched alkanes of at least 4 members (excludes halogenated alkanes) is 4. The molecule has 0 aliphatic heterocycles. The molecule has 1 N–H and O–H groups in total. The lowest BCUT2D eigenvalue weighted by atomic mass is 10.1. The van der Waals surface area contributed by atoms with Crippen LogP contribution in [0.3, 0.4) is 0 Å². The van der Waals surface area contributed by atoms with Crippen LogP contribution in [0.25, 0.3) is 21.7 Å². The van der Waals surface area contributed by atoms with E-state index in [-0.39, 0.29) is 0 Å². The summed E-state index contributed by atoms with van der Waals surface area (Å²) in [7, 11) is 1.69. The van der Waals surface area contributed by atoms with Crippen molar-refractivity contribution in [3.05, 3.63) is 78.4 Å². The number of hydrogen-bond donors (Lipinski definition) is 1. The summed E-state index contributed by atoms with van der Waals surface area (Å²) in [6.45, 7) is 9.11. The van der Waals surface area contributed by atoms with Crippen molar-refractivity contribution < 1.29 is 9.47 Å². The van der Waals surface area contributed by atoms with Crippen LogP contribution in [0.2, 0.25) is 0 Å². The second-order valence-corrected chi connectivity index (χ2v) is 9.70. The smallest absolute Gasteiger partial charge is 0.188 e. The van der Waals surface area contributed by atoms with E-state index in [2.05, 4.69) is 55.6 Å². The fraction of sp³-hybridized carbons (Fsp3) is 0.344. The molecule has 37 heavy (non-hydrogen) atoms. The highest BCUT2D eigenvalue weighted by Crippen LogP contribution is 2.40. The van der Waals surface area contributed by atoms with Crippen LogP contribution < -0.4 is 14.8 Å². The van der Waals surface area contributed by atoms with Crippen molar-refractivity contribution in [3.63, 3.8) is 0 Å². The van der Waals surface area contributed by atoms with E-state index in [0.29, 0.717) is 0 Å². The summed E-state index contributed by atoms with van der Waals surface area (Å²) in [5, 5.41) is 4.34. The third-order valence-electron chi connectivity index (χ3n) is 5.93. The first-order chi connectivity index (χ1) is 18.2. The Balaban J connectivity index is 0.00000186. The monoisotopic (exact) mass is 516 g/mol. The second-order valence-electron chi connectivity index (χ2n) is 8.70. The minimum atomic E-state index is 0.772. The van der Waals surface area contributed by atoms with E-state index < -0.39 is 0 Å². The van der Waals surface area contributed by atoms with E-state index in [0.717, 1.165) is 57.0 Å². The van der Waals surface area contributed by atoms with Gasteiger partial charge in [0.2, 0.25) is 0 Å². The lowest BCUT2D eigenvalue weighted by Crippen LogP contribution is -1.97. The molecule has 0 radical (unpaired) electrons. The first-order valence-corrected chi connectivity index (χ1v) is 14.2. The molecule has 0 spiro atoms. The maximum Gasteiger partial charge on any atom is 0.188 e. The number of hydrogen-bond acceptors (Lipinski definition) is 5. The Morgan fingerprint density at radius 1 is 0.757 bits per heavy atom. The molecule has 196 valence electrons. The van der Waals surface area contributed by atoms with Gasteiger partial charge in [-0.15, -0.1) is 0 Å². The molecule has 4 nitrogen and oxygen atoms in total. The molecular weight excluding hydrogens is 476 g/mol. The predicted octanol–water partition coefficient (Wildman–Crippen LogP) is 9.91. The zero-order valence-electron chi connectivity index (χ0n) is 22.8. The van der Waals surface area contributed by atoms with Gasteiger partial charge >= 0.3 is 0 Å². The van der Waals surface area contributed by atoms with Crippen molar-refractivity contribution in [2.75, 3.05) is 19.0 Å². The molecule has 1 heterocycles. The Bertz CT molecular complexity index is 1180. The van der Waals surface area contributed by atoms with Gasteiger partial charge in [0.1, 0.15) is 11.5 Å². The third kappa shape index (κ3) is 8.36. The number of thiazole rings is 1. The highest BCUT2D eigenvalue weighted by atomic mass is 32.1. The lowest BCUT2D eigenvalue weighted by Gasteiger charge is -2.07. The number of aryl methyl sites for hydroxylation is 1. The number of nitrogens with one attached hydrogen (secondary N) is 1. The number of anilines is 2. The van der Waals surface area contributed by atoms with Crippen LogP contribution in [0.5, 0.6) is 11.5 Å². The normalized spacial score (nSPS) is 10.4. The van der Waals surface area contributed by atoms with Crippen LogP contribution in [0.15, 0.2) is 72.8 Å². The molecule has 3 aromatic carbocycles. The summed E-state index contributed by atoms with van der Waals surface area (Å²) in [5.41, 5.74) is 5.43. The van der Waals surface area contributed by atoms with Crippen LogP contribution in [0.4, 0.5) is 10.8 Å². The molecule has 0 aliphatic rings. The van der Waals surface area contributed by atoms with Crippen molar-refractivity contribution >= 4 is 22.2 Å². The first kappa shape index (κ1) is 28.3. The second kappa shape index (κ2) is 15.1. The maximum atomic E-state index is 5.91. The zero-order chi connectivity index (χ0) is 26.5. The molecule has 0 atom stereocenters. The summed E-state index contributed by atoms with van der Waals surface area (Å²) in [5.74, 6) is 1.75. The average molecular weight is 517 g/mol. The SMILES string of the molecule is CC.CCCCCCCOc1ccc(Nc2nc(-c3ccc(C)cc3)c(-c3ccc(OC)cc3)s2)cc1. The van der Waals surface area contributed by atoms with Crippen LogP contribution in [0.1, 0.15) is 58.4 Å². The standard InChI is InChI=1S/C30H34N2O2S.C2H6/c1-4-5-6-7-8-21-34-27-19-15-25(16-20-27)31-30-32-28(23-11-9-22(2)10-12-23)29(35-30)24-13-17-26(33-3)18-14-24;1-2/h9-20H,4-8,21H2,1-3H3,(H,31,32);1-2H3. The minimum absolute atomic E-state index is 0.772. The van der Waals surface area contributed by atoms with Gasteiger partial charge in [-0.1, -0.05) is 87.6 Å². The van der Waals surface area contributed by atoms with Gasteiger partial charge in [-0.05, 0) is 67.4 Å². The van der Waals surface area contributed by atoms with Crippen molar-refractivity contribution in [2.45, 2.75) is 59.8 Å². The van der Waals surface area contributed by atoms with E-state index in [9.17, 15) is 0 Å². The Kier molecular flexibility index (Phi) is 11.5. The number of nitrogens with zero attached hydrogens (tertiary/aromatic N) is 1.